The zero-order valence-corrected chi connectivity index (χ0v) is 32.2. The van der Waals surface area contributed by atoms with Gasteiger partial charge in [-0.1, -0.05) is 89.2 Å². The maximum Gasteiger partial charge on any atom is 0.418 e. The Bertz CT molecular complexity index is 2000. The van der Waals surface area contributed by atoms with Crippen LogP contribution in [0.15, 0.2) is 67.0 Å². The lowest BCUT2D eigenvalue weighted by Gasteiger charge is -2.40. The fraction of sp³-hybridized carbons (Fsp3) is 0.439. The number of pyridine rings is 1. The molecule has 2 heterocycles. The second kappa shape index (κ2) is 17.7. The third kappa shape index (κ3) is 9.70. The summed E-state index contributed by atoms with van der Waals surface area (Å²) in [6, 6.07) is 11.8. The summed E-state index contributed by atoms with van der Waals surface area (Å²) in [6.45, 7) is 8.04. The van der Waals surface area contributed by atoms with E-state index in [1.165, 1.54) is 24.3 Å². The Hall–Kier alpha value is -4.85. The summed E-state index contributed by atoms with van der Waals surface area (Å²) in [4.78, 5) is 49.9. The molecule has 0 saturated heterocycles. The number of benzene rings is 2. The first-order valence-electron chi connectivity index (χ1n) is 18.7. The number of hydrogen-bond acceptors (Lipinski definition) is 5. The number of hydrogen-bond donors (Lipinski definition) is 5. The Balaban J connectivity index is 1.47. The average molecular weight is 781 g/mol. The highest BCUT2D eigenvalue weighted by atomic mass is 32.1. The van der Waals surface area contributed by atoms with Crippen LogP contribution >= 0.6 is 12.2 Å². The van der Waals surface area contributed by atoms with Gasteiger partial charge in [-0.3, -0.25) is 19.4 Å². The van der Waals surface area contributed by atoms with Crippen molar-refractivity contribution in [3.63, 3.8) is 0 Å². The molecule has 0 fully saturated rings. The van der Waals surface area contributed by atoms with Gasteiger partial charge in [-0.2, -0.15) is 13.2 Å². The Morgan fingerprint density at radius 2 is 1.69 bits per heavy atom. The molecule has 3 amide bonds. The van der Waals surface area contributed by atoms with Crippen LogP contribution in [0.5, 0.6) is 0 Å². The lowest BCUT2D eigenvalue weighted by atomic mass is 9.78. The number of aryl methyl sites for hydroxylation is 1. The number of alkyl halides is 3. The molecular formula is C41H48F4N6O3S. The SMILES string of the molecule is CCC(C)[C@H](NC(=O)Cc1ccccc1F)C(=O)N[C@]1(C(=O)N[C@H](C(=S)NCCc2cccnc2)C(C)CC)CCc2[nH]c3c(C(F)(F)F)cccc3c2C1. The fourth-order valence-electron chi connectivity index (χ4n) is 7.09. The normalized spacial score (nSPS) is 17.7. The lowest BCUT2D eigenvalue weighted by molar-refractivity contribution is -0.137. The van der Waals surface area contributed by atoms with E-state index in [1.807, 2.05) is 32.9 Å². The van der Waals surface area contributed by atoms with Crippen molar-refractivity contribution in [3.8, 4) is 0 Å². The average Bonchev–Trinajstić information content (AvgIpc) is 3.53. The summed E-state index contributed by atoms with van der Waals surface area (Å²) in [5.74, 6) is -2.83. The first-order valence-corrected chi connectivity index (χ1v) is 19.1. The van der Waals surface area contributed by atoms with Crippen LogP contribution in [-0.2, 0) is 46.2 Å². The van der Waals surface area contributed by atoms with Gasteiger partial charge >= 0.3 is 6.18 Å². The highest BCUT2D eigenvalue weighted by molar-refractivity contribution is 7.80. The smallest absolute Gasteiger partial charge is 0.378 e. The van der Waals surface area contributed by atoms with Crippen LogP contribution < -0.4 is 21.3 Å². The molecule has 9 nitrogen and oxygen atoms in total. The minimum atomic E-state index is -4.62. The van der Waals surface area contributed by atoms with E-state index in [4.69, 9.17) is 12.2 Å². The van der Waals surface area contributed by atoms with Gasteiger partial charge < -0.3 is 26.3 Å². The van der Waals surface area contributed by atoms with Gasteiger partial charge in [0.1, 0.15) is 17.4 Å². The Labute approximate surface area is 323 Å². The lowest BCUT2D eigenvalue weighted by Crippen LogP contribution is -2.67. The van der Waals surface area contributed by atoms with Crippen molar-refractivity contribution in [1.29, 1.82) is 0 Å². The van der Waals surface area contributed by atoms with Crippen LogP contribution in [-0.4, -0.2) is 56.8 Å². The zero-order chi connectivity index (χ0) is 39.9. The van der Waals surface area contributed by atoms with E-state index in [0.29, 0.717) is 47.4 Å². The van der Waals surface area contributed by atoms with Gasteiger partial charge in [-0.25, -0.2) is 4.39 Å². The number of rotatable bonds is 15. The molecule has 0 spiro atoms. The summed E-state index contributed by atoms with van der Waals surface area (Å²) in [5.41, 5.74) is -0.337. The molecule has 4 aromatic rings. The quantitative estimate of drug-likeness (QED) is 0.0690. The number of carbonyl (C=O) groups excluding carboxylic acids is 3. The van der Waals surface area contributed by atoms with Crippen molar-refractivity contribution in [3.05, 3.63) is 101 Å². The third-order valence-corrected chi connectivity index (χ3v) is 11.1. The van der Waals surface area contributed by atoms with Crippen molar-refractivity contribution in [2.45, 2.75) is 96.4 Å². The maximum absolute atomic E-state index is 14.8. The van der Waals surface area contributed by atoms with Crippen molar-refractivity contribution in [2.24, 2.45) is 11.8 Å². The number of carbonyl (C=O) groups is 3. The molecule has 0 radical (unpaired) electrons. The van der Waals surface area contributed by atoms with Gasteiger partial charge in [0, 0.05) is 36.4 Å². The third-order valence-electron chi connectivity index (χ3n) is 10.8. The van der Waals surface area contributed by atoms with Crippen molar-refractivity contribution >= 4 is 45.8 Å². The fourth-order valence-corrected chi connectivity index (χ4v) is 7.48. The summed E-state index contributed by atoms with van der Waals surface area (Å²) in [7, 11) is 0. The Morgan fingerprint density at radius 3 is 2.36 bits per heavy atom. The second-order valence-electron chi connectivity index (χ2n) is 14.5. The van der Waals surface area contributed by atoms with E-state index in [2.05, 4.69) is 31.2 Å². The number of nitrogens with zero attached hydrogens (tertiary/aromatic N) is 1. The largest absolute Gasteiger partial charge is 0.418 e. The van der Waals surface area contributed by atoms with Crippen molar-refractivity contribution < 1.29 is 31.9 Å². The van der Waals surface area contributed by atoms with E-state index in [1.54, 1.807) is 31.5 Å². The molecule has 5 rings (SSSR count). The number of aromatic amines is 1. The molecule has 1 aliphatic rings. The Kier molecular flexibility index (Phi) is 13.3. The monoisotopic (exact) mass is 780 g/mol. The predicted molar refractivity (Wildman–Crippen MR) is 208 cm³/mol. The molecule has 1 aliphatic carbocycles. The number of H-pyrrole nitrogens is 1. The molecule has 2 aromatic heterocycles. The molecular weight excluding hydrogens is 733 g/mol. The molecule has 0 bridgehead atoms. The first kappa shape index (κ1) is 41.3. The Morgan fingerprint density at radius 1 is 0.964 bits per heavy atom. The molecule has 55 heavy (non-hydrogen) atoms. The topological polar surface area (TPSA) is 128 Å². The number of aromatic nitrogens is 2. The van der Waals surface area contributed by atoms with Crippen LogP contribution in [0.4, 0.5) is 17.6 Å². The summed E-state index contributed by atoms with van der Waals surface area (Å²) in [6.07, 6.45) is 0.398. The van der Waals surface area contributed by atoms with Crippen molar-refractivity contribution in [1.82, 2.24) is 31.2 Å². The number of thiocarbonyl (C=S) groups is 1. The molecule has 2 aromatic carbocycles. The van der Waals surface area contributed by atoms with E-state index in [-0.39, 0.29) is 42.7 Å². The number of para-hydroxylation sites is 1. The highest BCUT2D eigenvalue weighted by Gasteiger charge is 2.47. The molecule has 0 saturated carbocycles. The minimum Gasteiger partial charge on any atom is -0.378 e. The van der Waals surface area contributed by atoms with Gasteiger partial charge in [0.05, 0.1) is 28.5 Å². The molecule has 14 heteroatoms. The highest BCUT2D eigenvalue weighted by Crippen LogP contribution is 2.40. The van der Waals surface area contributed by atoms with Crippen LogP contribution in [0.2, 0.25) is 0 Å². The summed E-state index contributed by atoms with van der Waals surface area (Å²) < 4.78 is 56.7. The summed E-state index contributed by atoms with van der Waals surface area (Å²) in [5, 5.41) is 12.4. The van der Waals surface area contributed by atoms with Gasteiger partial charge in [0.2, 0.25) is 17.7 Å². The number of nitrogens with one attached hydrogen (secondary N) is 5. The van der Waals surface area contributed by atoms with Gasteiger partial charge in [0.15, 0.2) is 0 Å². The van der Waals surface area contributed by atoms with Crippen LogP contribution in [0.1, 0.15) is 74.9 Å². The predicted octanol–water partition coefficient (Wildman–Crippen LogP) is 6.53. The standard InChI is InChI=1S/C41H48F4N6O3S/c1-5-24(3)34(49-33(52)21-27-12-7-8-15-31(27)42)37(53)51-40(18-16-32-29(22-40)28-13-9-14-30(36(28)48-32)41(43,44)45)39(54)50-35(25(4)6-2)38(55)47-20-17-26-11-10-19-46-23-26/h7-15,19,23-25,34-35,48H,5-6,16-18,20-22H2,1-4H3,(H,47,55)(H,49,52)(H,50,54)(H,51,53)/t24?,25?,34-,35-,40+/m0/s1. The molecule has 5 atom stereocenters. The van der Waals surface area contributed by atoms with E-state index in [0.717, 1.165) is 11.6 Å². The maximum atomic E-state index is 14.8. The molecule has 0 aliphatic heterocycles. The number of amides is 3. The summed E-state index contributed by atoms with van der Waals surface area (Å²) >= 11 is 5.83. The van der Waals surface area contributed by atoms with Crippen LogP contribution in [0.25, 0.3) is 10.9 Å². The zero-order valence-electron chi connectivity index (χ0n) is 31.4. The van der Waals surface area contributed by atoms with Crippen LogP contribution in [0.3, 0.4) is 0 Å². The van der Waals surface area contributed by atoms with E-state index >= 15 is 0 Å². The second-order valence-corrected chi connectivity index (χ2v) is 14.9. The minimum absolute atomic E-state index is 0.0522. The molecule has 2 unspecified atom stereocenters. The van der Waals surface area contributed by atoms with E-state index in [9.17, 15) is 31.9 Å². The van der Waals surface area contributed by atoms with Crippen LogP contribution in [0, 0.1) is 17.7 Å². The number of fused-ring (bicyclic) bond motifs is 3. The molecule has 5 N–H and O–H groups in total. The van der Waals surface area contributed by atoms with Gasteiger partial charge in [-0.05, 0) is 66.0 Å². The molecule has 294 valence electrons. The first-order chi connectivity index (χ1) is 26.2. The number of halogens is 4. The van der Waals surface area contributed by atoms with Gasteiger partial charge in [-0.15, -0.1) is 0 Å². The van der Waals surface area contributed by atoms with Gasteiger partial charge in [0.25, 0.3) is 0 Å². The van der Waals surface area contributed by atoms with E-state index < -0.39 is 58.8 Å². The van der Waals surface area contributed by atoms with Crippen molar-refractivity contribution in [2.75, 3.05) is 6.54 Å².